The van der Waals surface area contributed by atoms with Crippen LogP contribution >= 0.6 is 11.6 Å². The largest absolute Gasteiger partial charge is 0.395 e. The molecular weight excluding hydrogens is 268 g/mol. The second-order valence-electron chi connectivity index (χ2n) is 4.37. The Hall–Kier alpha value is -2.15. The predicted octanol–water partition coefficient (Wildman–Crippen LogP) is 1.56. The van der Waals surface area contributed by atoms with Gasteiger partial charge >= 0.3 is 0 Å². The Bertz CT molecular complexity index is 619. The average molecular weight is 279 g/mol. The molecular formula is C11H11ClN6O. The average Bonchev–Trinajstić information content (AvgIpc) is 3.15. The first-order chi connectivity index (χ1) is 9.15. The number of rotatable bonds is 3. The monoisotopic (exact) mass is 278 g/mol. The number of nitrogens with one attached hydrogen (secondary N) is 2. The van der Waals surface area contributed by atoms with Crippen LogP contribution in [0.1, 0.15) is 34.9 Å². The van der Waals surface area contributed by atoms with Gasteiger partial charge in [-0.1, -0.05) is 11.6 Å². The number of carbonyl (C=O) groups is 1. The summed E-state index contributed by atoms with van der Waals surface area (Å²) in [6.45, 7) is 0. The molecule has 0 spiro atoms. The van der Waals surface area contributed by atoms with Gasteiger partial charge in [-0.15, -0.1) is 10.2 Å². The maximum absolute atomic E-state index is 12.0. The van der Waals surface area contributed by atoms with Gasteiger partial charge in [-0.05, 0) is 25.0 Å². The summed E-state index contributed by atoms with van der Waals surface area (Å²) >= 11 is 5.61. The highest BCUT2D eigenvalue weighted by Gasteiger charge is 2.30. The summed E-state index contributed by atoms with van der Waals surface area (Å²) in [5, 5.41) is 17.0. The van der Waals surface area contributed by atoms with Crippen LogP contribution in [0.15, 0.2) is 12.1 Å². The van der Waals surface area contributed by atoms with Crippen molar-refractivity contribution >= 4 is 29.0 Å². The highest BCUT2D eigenvalue weighted by Crippen LogP contribution is 2.42. The molecule has 1 fully saturated rings. The summed E-state index contributed by atoms with van der Waals surface area (Å²) in [5.74, 6) is 0.284. The Morgan fingerprint density at radius 3 is 2.84 bits per heavy atom. The van der Waals surface area contributed by atoms with Gasteiger partial charge in [0.05, 0.1) is 11.4 Å². The zero-order valence-corrected chi connectivity index (χ0v) is 10.6. The first-order valence-electron chi connectivity index (χ1n) is 5.79. The standard InChI is InChI=1S/C11H11ClN6O/c12-6-3-4-7(16-15-6)14-11(19)10-8(13)9(17-18-10)5-1-2-5/h3-5H,1-2,13H2,(H,17,18)(H,14,16,19). The third kappa shape index (κ3) is 2.37. The van der Waals surface area contributed by atoms with Crippen molar-refractivity contribution in [2.75, 3.05) is 11.1 Å². The molecule has 1 amide bonds. The van der Waals surface area contributed by atoms with Crippen LogP contribution in [-0.4, -0.2) is 26.3 Å². The first kappa shape index (κ1) is 11.9. The normalized spacial score (nSPS) is 14.4. The molecule has 0 atom stereocenters. The second-order valence-corrected chi connectivity index (χ2v) is 4.76. The minimum atomic E-state index is -0.419. The van der Waals surface area contributed by atoms with Crippen LogP contribution in [0.4, 0.5) is 11.5 Å². The van der Waals surface area contributed by atoms with Crippen molar-refractivity contribution in [2.45, 2.75) is 18.8 Å². The summed E-state index contributed by atoms with van der Waals surface area (Å²) in [7, 11) is 0. The van der Waals surface area contributed by atoms with E-state index in [4.69, 9.17) is 17.3 Å². The van der Waals surface area contributed by atoms with Crippen LogP contribution in [0.2, 0.25) is 5.15 Å². The van der Waals surface area contributed by atoms with Gasteiger partial charge in [0.1, 0.15) is 0 Å². The number of halogens is 1. The fourth-order valence-electron chi connectivity index (χ4n) is 1.78. The molecule has 0 aliphatic heterocycles. The van der Waals surface area contributed by atoms with Crippen LogP contribution in [0.25, 0.3) is 0 Å². The van der Waals surface area contributed by atoms with E-state index in [9.17, 15) is 4.79 Å². The Kier molecular flexibility index (Phi) is 2.83. The molecule has 0 radical (unpaired) electrons. The third-order valence-electron chi connectivity index (χ3n) is 2.91. The summed E-state index contributed by atoms with van der Waals surface area (Å²) in [4.78, 5) is 12.0. The molecule has 0 bridgehead atoms. The van der Waals surface area contributed by atoms with E-state index in [1.807, 2.05) is 0 Å². The molecule has 19 heavy (non-hydrogen) atoms. The smallest absolute Gasteiger partial charge is 0.279 e. The summed E-state index contributed by atoms with van der Waals surface area (Å²) in [5.41, 5.74) is 7.34. The van der Waals surface area contributed by atoms with E-state index in [1.54, 1.807) is 6.07 Å². The molecule has 7 nitrogen and oxygen atoms in total. The molecule has 1 aliphatic carbocycles. The number of nitrogens with two attached hydrogens (primary N) is 1. The maximum Gasteiger partial charge on any atom is 0.279 e. The van der Waals surface area contributed by atoms with Crippen LogP contribution in [0, 0.1) is 0 Å². The first-order valence-corrected chi connectivity index (χ1v) is 6.17. The zero-order valence-electron chi connectivity index (χ0n) is 9.85. The highest BCUT2D eigenvalue weighted by atomic mass is 35.5. The molecule has 8 heteroatoms. The molecule has 0 saturated heterocycles. The minimum Gasteiger partial charge on any atom is -0.395 e. The minimum absolute atomic E-state index is 0.179. The zero-order chi connectivity index (χ0) is 13.4. The van der Waals surface area contributed by atoms with E-state index < -0.39 is 5.91 Å². The number of nitrogens with zero attached hydrogens (tertiary/aromatic N) is 3. The highest BCUT2D eigenvalue weighted by molar-refractivity contribution is 6.29. The number of aromatic amines is 1. The molecule has 1 saturated carbocycles. The van der Waals surface area contributed by atoms with E-state index >= 15 is 0 Å². The van der Waals surface area contributed by atoms with Crippen molar-refractivity contribution < 1.29 is 4.79 Å². The number of H-pyrrole nitrogens is 1. The number of amides is 1. The van der Waals surface area contributed by atoms with Crippen molar-refractivity contribution in [1.29, 1.82) is 0 Å². The fraction of sp³-hybridized carbons (Fsp3) is 0.273. The van der Waals surface area contributed by atoms with Crippen LogP contribution in [0.3, 0.4) is 0 Å². The number of carbonyl (C=O) groups excluding carboxylic acids is 1. The molecule has 2 aromatic heterocycles. The number of hydrogen-bond donors (Lipinski definition) is 3. The molecule has 1 aliphatic rings. The van der Waals surface area contributed by atoms with E-state index in [-0.39, 0.29) is 10.8 Å². The number of aromatic nitrogens is 4. The lowest BCUT2D eigenvalue weighted by Gasteiger charge is -2.02. The van der Waals surface area contributed by atoms with Crippen molar-refractivity contribution in [3.05, 3.63) is 28.7 Å². The van der Waals surface area contributed by atoms with Gasteiger partial charge < -0.3 is 11.1 Å². The fourth-order valence-corrected chi connectivity index (χ4v) is 1.88. The summed E-state index contributed by atoms with van der Waals surface area (Å²) in [6, 6.07) is 3.09. The molecule has 3 rings (SSSR count). The molecule has 4 N–H and O–H groups in total. The van der Waals surface area contributed by atoms with Crippen molar-refractivity contribution in [3.8, 4) is 0 Å². The molecule has 2 aromatic rings. The van der Waals surface area contributed by atoms with Crippen LogP contribution in [0.5, 0.6) is 0 Å². The molecule has 2 heterocycles. The summed E-state index contributed by atoms with van der Waals surface area (Å²) in [6.07, 6.45) is 2.16. The second kappa shape index (κ2) is 4.51. The Morgan fingerprint density at radius 2 is 2.21 bits per heavy atom. The van der Waals surface area contributed by atoms with Gasteiger partial charge in [-0.3, -0.25) is 9.89 Å². The van der Waals surface area contributed by atoms with Gasteiger partial charge in [0, 0.05) is 5.92 Å². The maximum atomic E-state index is 12.0. The number of nitrogen functional groups attached to an aromatic ring is 1. The SMILES string of the molecule is Nc1c(C(=O)Nc2ccc(Cl)nn2)n[nH]c1C1CC1. The van der Waals surface area contributed by atoms with E-state index in [1.165, 1.54) is 6.07 Å². The molecule has 0 unspecified atom stereocenters. The van der Waals surface area contributed by atoms with Gasteiger partial charge in [0.25, 0.3) is 5.91 Å². The Labute approximate surface area is 113 Å². The summed E-state index contributed by atoms with van der Waals surface area (Å²) < 4.78 is 0. The van der Waals surface area contributed by atoms with Crippen LogP contribution < -0.4 is 11.1 Å². The predicted molar refractivity (Wildman–Crippen MR) is 70.0 cm³/mol. The lowest BCUT2D eigenvalue weighted by atomic mass is 10.2. The number of anilines is 2. The van der Waals surface area contributed by atoms with E-state index in [2.05, 4.69) is 25.7 Å². The topological polar surface area (TPSA) is 110 Å². The van der Waals surface area contributed by atoms with Crippen molar-refractivity contribution in [1.82, 2.24) is 20.4 Å². The Balaban J connectivity index is 1.78. The molecule has 98 valence electrons. The quantitative estimate of drug-likeness (QED) is 0.789. The van der Waals surface area contributed by atoms with Gasteiger partial charge in [0.15, 0.2) is 16.7 Å². The lowest BCUT2D eigenvalue weighted by Crippen LogP contribution is -2.15. The third-order valence-corrected chi connectivity index (χ3v) is 3.11. The van der Waals surface area contributed by atoms with Gasteiger partial charge in [-0.2, -0.15) is 5.10 Å². The Morgan fingerprint density at radius 1 is 1.42 bits per heavy atom. The van der Waals surface area contributed by atoms with E-state index in [0.717, 1.165) is 18.5 Å². The number of hydrogen-bond acceptors (Lipinski definition) is 5. The van der Waals surface area contributed by atoms with Crippen molar-refractivity contribution in [2.24, 2.45) is 0 Å². The van der Waals surface area contributed by atoms with Crippen molar-refractivity contribution in [3.63, 3.8) is 0 Å². The van der Waals surface area contributed by atoms with Gasteiger partial charge in [0.2, 0.25) is 0 Å². The van der Waals surface area contributed by atoms with Gasteiger partial charge in [-0.25, -0.2) is 0 Å². The van der Waals surface area contributed by atoms with E-state index in [0.29, 0.717) is 17.4 Å². The van der Waals surface area contributed by atoms with Crippen LogP contribution in [-0.2, 0) is 0 Å². The molecule has 0 aromatic carbocycles. The lowest BCUT2D eigenvalue weighted by molar-refractivity contribution is 0.102.